The van der Waals surface area contributed by atoms with E-state index in [-0.39, 0.29) is 10.8 Å². The summed E-state index contributed by atoms with van der Waals surface area (Å²) < 4.78 is 53.6. The Bertz CT molecular complexity index is 2780. The first kappa shape index (κ1) is 38.4. The number of piperazine rings is 2. The number of nitrogen functional groups attached to an aromatic ring is 1. The minimum absolute atomic E-state index is 0.103. The molecule has 0 spiro atoms. The summed E-state index contributed by atoms with van der Waals surface area (Å²) in [5, 5.41) is 11.1. The van der Waals surface area contributed by atoms with Gasteiger partial charge in [-0.15, -0.1) is 0 Å². The molecule has 3 N–H and O–H groups in total. The number of aromatic amines is 1. The smallest absolute Gasteiger partial charge is 0.224 e. The van der Waals surface area contributed by atoms with E-state index >= 15 is 0 Å². The van der Waals surface area contributed by atoms with Crippen LogP contribution in [0.25, 0.3) is 32.4 Å². The van der Waals surface area contributed by atoms with Gasteiger partial charge in [0.05, 0.1) is 21.1 Å². The molecule has 6 aromatic carbocycles. The summed E-state index contributed by atoms with van der Waals surface area (Å²) in [6.45, 7) is 7.67. The number of nitrogens with two attached hydrogens (primary N) is 1. The zero-order valence-corrected chi connectivity index (χ0v) is 33.8. The van der Waals surface area contributed by atoms with Crippen molar-refractivity contribution in [3.63, 3.8) is 0 Å². The van der Waals surface area contributed by atoms with Crippen LogP contribution in [0.5, 0.6) is 0 Å². The SMILES string of the molecule is CN1CCN(c2ccc(N)c(CS(=O)(=O)c3cccc4ccccc34)c2)CC1.CN1CCN(c2ccc3n[nH]c(S(=O)(=O)c4cccc5ccccc45)c3c2)CC1. The van der Waals surface area contributed by atoms with E-state index in [1.165, 1.54) is 0 Å². The van der Waals surface area contributed by atoms with Crippen molar-refractivity contribution in [2.45, 2.75) is 20.6 Å². The highest BCUT2D eigenvalue weighted by Crippen LogP contribution is 2.33. The summed E-state index contributed by atoms with van der Waals surface area (Å²) in [7, 11) is -3.05. The predicted molar refractivity (Wildman–Crippen MR) is 231 cm³/mol. The fourth-order valence-corrected chi connectivity index (χ4v) is 10.9. The fourth-order valence-electron chi connectivity index (χ4n) is 7.71. The molecule has 2 fully saturated rings. The molecule has 2 aliphatic rings. The monoisotopic (exact) mass is 801 g/mol. The van der Waals surface area contributed by atoms with E-state index in [4.69, 9.17) is 5.73 Å². The topological polar surface area (TPSA) is 136 Å². The standard InChI is InChI=1S/C22H22N4O2S.C22H25N3O2S/c1-25-11-13-26(14-12-25)17-9-10-20-19(15-17)22(24-23-20)29(27,28)21-8-4-6-16-5-2-3-7-18(16)21;1-24-11-13-25(14-12-24)19-9-10-21(23)18(15-19)16-28(26,27)22-8-4-6-17-5-2-3-7-20(17)22/h2-10,15H,11-14H2,1H3,(H,23,24);2-10,15H,11-14,16,23H2,1H3. The van der Waals surface area contributed by atoms with Crippen LogP contribution in [0.15, 0.2) is 136 Å². The Hall–Kier alpha value is -5.47. The van der Waals surface area contributed by atoms with Gasteiger partial charge in [-0.3, -0.25) is 5.10 Å². The fraction of sp³-hybridized carbons (Fsp3) is 0.250. The molecule has 0 amide bonds. The van der Waals surface area contributed by atoms with Gasteiger partial charge in [0.25, 0.3) is 0 Å². The molecule has 13 heteroatoms. The van der Waals surface area contributed by atoms with E-state index in [1.54, 1.807) is 24.3 Å². The van der Waals surface area contributed by atoms with Crippen molar-refractivity contribution >= 4 is 69.2 Å². The van der Waals surface area contributed by atoms with E-state index in [2.05, 4.69) is 43.9 Å². The molecule has 2 aliphatic heterocycles. The maximum absolute atomic E-state index is 13.6. The zero-order chi connectivity index (χ0) is 39.7. The Morgan fingerprint density at radius 3 is 1.70 bits per heavy atom. The molecule has 0 radical (unpaired) electrons. The Morgan fingerprint density at radius 1 is 0.579 bits per heavy atom. The van der Waals surface area contributed by atoms with Crippen LogP contribution in [0.1, 0.15) is 5.56 Å². The van der Waals surface area contributed by atoms with Gasteiger partial charge in [-0.25, -0.2) is 16.8 Å². The average molecular weight is 802 g/mol. The first-order valence-corrected chi connectivity index (χ1v) is 22.3. The number of nitrogens with one attached hydrogen (secondary N) is 1. The molecule has 0 bridgehead atoms. The number of anilines is 3. The number of hydrogen-bond acceptors (Lipinski definition) is 10. The number of aromatic nitrogens is 2. The van der Waals surface area contributed by atoms with Gasteiger partial charge < -0.3 is 25.3 Å². The molecule has 0 saturated carbocycles. The molecule has 1 aromatic heterocycles. The number of rotatable bonds is 7. The molecule has 0 atom stereocenters. The van der Waals surface area contributed by atoms with Crippen LogP contribution < -0.4 is 15.5 Å². The third-order valence-electron chi connectivity index (χ3n) is 11.1. The Kier molecular flexibility index (Phi) is 10.7. The lowest BCUT2D eigenvalue weighted by molar-refractivity contribution is 0.313. The highest BCUT2D eigenvalue weighted by atomic mass is 32.2. The molecule has 0 aliphatic carbocycles. The lowest BCUT2D eigenvalue weighted by Crippen LogP contribution is -2.44. The van der Waals surface area contributed by atoms with Crippen LogP contribution in [-0.2, 0) is 25.4 Å². The third-order valence-corrected chi connectivity index (χ3v) is 14.6. The third kappa shape index (κ3) is 7.93. The van der Waals surface area contributed by atoms with E-state index in [9.17, 15) is 16.8 Å². The maximum Gasteiger partial charge on any atom is 0.224 e. The van der Waals surface area contributed by atoms with Gasteiger partial charge in [-0.2, -0.15) is 5.10 Å². The summed E-state index contributed by atoms with van der Waals surface area (Å²) in [5.74, 6) is -0.103. The van der Waals surface area contributed by atoms with Crippen LogP contribution in [-0.4, -0.2) is 103 Å². The number of H-pyrrole nitrogens is 1. The number of fused-ring (bicyclic) bond motifs is 3. The van der Waals surface area contributed by atoms with Crippen molar-refractivity contribution in [3.8, 4) is 0 Å². The van der Waals surface area contributed by atoms with E-state index in [0.717, 1.165) is 79.9 Å². The first-order chi connectivity index (χ1) is 27.5. The lowest BCUT2D eigenvalue weighted by atomic mass is 10.1. The van der Waals surface area contributed by atoms with Crippen molar-refractivity contribution in [3.05, 3.63) is 127 Å². The average Bonchev–Trinajstić information content (AvgIpc) is 3.66. The Balaban J connectivity index is 0.000000160. The second-order valence-electron chi connectivity index (χ2n) is 14.9. The Morgan fingerprint density at radius 2 is 1.09 bits per heavy atom. The predicted octanol–water partition coefficient (Wildman–Crippen LogP) is 6.45. The van der Waals surface area contributed by atoms with Crippen LogP contribution in [0.3, 0.4) is 0 Å². The molecule has 11 nitrogen and oxygen atoms in total. The zero-order valence-electron chi connectivity index (χ0n) is 32.2. The molecule has 7 aromatic rings. The molecule has 9 rings (SSSR count). The van der Waals surface area contributed by atoms with Crippen molar-refractivity contribution in [1.29, 1.82) is 0 Å². The Labute approximate surface area is 334 Å². The van der Waals surface area contributed by atoms with Gasteiger partial charge in [0.1, 0.15) is 0 Å². The minimum atomic E-state index is -3.75. The number of hydrogen-bond donors (Lipinski definition) is 2. The number of sulfone groups is 2. The van der Waals surface area contributed by atoms with Crippen LogP contribution in [0.2, 0.25) is 0 Å². The molecule has 2 saturated heterocycles. The summed E-state index contributed by atoms with van der Waals surface area (Å²) in [6.07, 6.45) is 0. The molecule has 57 heavy (non-hydrogen) atoms. The summed E-state index contributed by atoms with van der Waals surface area (Å²) in [5.41, 5.74) is 10.0. The van der Waals surface area contributed by atoms with Gasteiger partial charge in [0.2, 0.25) is 9.84 Å². The number of benzene rings is 6. The molecule has 0 unspecified atom stereocenters. The molecular weight excluding hydrogens is 755 g/mol. The van der Waals surface area contributed by atoms with Gasteiger partial charge in [0, 0.05) is 85.6 Å². The van der Waals surface area contributed by atoms with Crippen LogP contribution >= 0.6 is 0 Å². The lowest BCUT2D eigenvalue weighted by Gasteiger charge is -2.34. The van der Waals surface area contributed by atoms with E-state index in [1.807, 2.05) is 97.1 Å². The minimum Gasteiger partial charge on any atom is -0.398 e. The number of likely N-dealkylation sites (N-methyl/N-ethyl adjacent to an activating group) is 2. The summed E-state index contributed by atoms with van der Waals surface area (Å²) in [4.78, 5) is 9.82. The van der Waals surface area contributed by atoms with Crippen LogP contribution in [0, 0.1) is 0 Å². The molecular formula is C44H47N7O4S2. The normalized spacial score (nSPS) is 15.9. The molecule has 3 heterocycles. The van der Waals surface area contributed by atoms with Crippen molar-refractivity contribution < 1.29 is 16.8 Å². The van der Waals surface area contributed by atoms with Crippen LogP contribution in [0.4, 0.5) is 17.1 Å². The maximum atomic E-state index is 13.6. The summed E-state index contributed by atoms with van der Waals surface area (Å²) in [6, 6.07) is 37.4. The van der Waals surface area contributed by atoms with Crippen molar-refractivity contribution in [1.82, 2.24) is 20.0 Å². The largest absolute Gasteiger partial charge is 0.398 e. The second-order valence-corrected chi connectivity index (χ2v) is 18.7. The quantitative estimate of drug-likeness (QED) is 0.173. The van der Waals surface area contributed by atoms with Crippen molar-refractivity contribution in [2.24, 2.45) is 0 Å². The number of nitrogens with zero attached hydrogens (tertiary/aromatic N) is 5. The van der Waals surface area contributed by atoms with Crippen molar-refractivity contribution in [2.75, 3.05) is 82.0 Å². The summed E-state index contributed by atoms with van der Waals surface area (Å²) >= 11 is 0. The van der Waals surface area contributed by atoms with E-state index in [0.29, 0.717) is 37.3 Å². The van der Waals surface area contributed by atoms with Gasteiger partial charge >= 0.3 is 0 Å². The van der Waals surface area contributed by atoms with Gasteiger partial charge in [0.15, 0.2) is 14.9 Å². The van der Waals surface area contributed by atoms with E-state index < -0.39 is 19.7 Å². The van der Waals surface area contributed by atoms with Gasteiger partial charge in [-0.05, 0) is 79.0 Å². The first-order valence-electron chi connectivity index (χ1n) is 19.1. The second kappa shape index (κ2) is 15.8. The van der Waals surface area contributed by atoms with Gasteiger partial charge in [-0.1, -0.05) is 72.8 Å². The molecule has 294 valence electrons. The highest BCUT2D eigenvalue weighted by Gasteiger charge is 2.26. The highest BCUT2D eigenvalue weighted by molar-refractivity contribution is 7.92.